The Kier molecular flexibility index (Phi) is 4.68. The highest BCUT2D eigenvalue weighted by atomic mass is 16.6. The van der Waals surface area contributed by atoms with Crippen LogP contribution in [-0.4, -0.2) is 58.1 Å². The van der Waals surface area contributed by atoms with Crippen molar-refractivity contribution in [2.45, 2.75) is 82.9 Å². The molecule has 0 radical (unpaired) electrons. The summed E-state index contributed by atoms with van der Waals surface area (Å²) in [5.74, 6) is -0.103. The molecule has 0 aromatic heterocycles. The van der Waals surface area contributed by atoms with Gasteiger partial charge in [0.05, 0.1) is 0 Å². The molecule has 0 bridgehead atoms. The van der Waals surface area contributed by atoms with Crippen LogP contribution in [0.15, 0.2) is 0 Å². The lowest BCUT2D eigenvalue weighted by molar-refractivity contribution is -0.135. The van der Waals surface area contributed by atoms with Crippen LogP contribution in [0.5, 0.6) is 0 Å². The lowest BCUT2D eigenvalue weighted by atomic mass is 9.86. The third kappa shape index (κ3) is 3.60. The van der Waals surface area contributed by atoms with Crippen LogP contribution in [0.4, 0.5) is 9.59 Å². The number of piperidine rings is 1. The van der Waals surface area contributed by atoms with Gasteiger partial charge in [-0.05, 0) is 46.5 Å². The molecular weight excluding hydrogens is 322 g/mol. The van der Waals surface area contributed by atoms with Gasteiger partial charge in [0.1, 0.15) is 11.1 Å². The molecule has 2 heterocycles. The second-order valence-electron chi connectivity index (χ2n) is 8.45. The number of hydrogen-bond acceptors (Lipinski definition) is 4. The monoisotopic (exact) mass is 351 g/mol. The number of urea groups is 1. The van der Waals surface area contributed by atoms with Crippen molar-refractivity contribution in [1.82, 2.24) is 15.1 Å². The van der Waals surface area contributed by atoms with Gasteiger partial charge in [0, 0.05) is 19.1 Å². The second-order valence-corrected chi connectivity index (χ2v) is 8.45. The highest BCUT2D eigenvalue weighted by molar-refractivity contribution is 6.07. The van der Waals surface area contributed by atoms with Crippen molar-refractivity contribution in [1.29, 1.82) is 0 Å². The van der Waals surface area contributed by atoms with Crippen molar-refractivity contribution in [2.75, 3.05) is 13.1 Å². The molecule has 4 amide bonds. The summed E-state index contributed by atoms with van der Waals surface area (Å²) in [6.07, 6.45) is 5.65. The number of hydrogen-bond donors (Lipinski definition) is 1. The Labute approximate surface area is 149 Å². The molecule has 7 nitrogen and oxygen atoms in total. The summed E-state index contributed by atoms with van der Waals surface area (Å²) in [5.41, 5.74) is -1.38. The molecule has 0 aromatic carbocycles. The molecule has 0 unspecified atom stereocenters. The van der Waals surface area contributed by atoms with E-state index in [1.165, 1.54) is 11.3 Å². The van der Waals surface area contributed by atoms with Crippen LogP contribution in [0.25, 0.3) is 0 Å². The third-order valence-electron chi connectivity index (χ3n) is 5.40. The van der Waals surface area contributed by atoms with Crippen LogP contribution in [0.2, 0.25) is 0 Å². The van der Waals surface area contributed by atoms with Gasteiger partial charge in [-0.25, -0.2) is 9.59 Å². The molecule has 3 rings (SSSR count). The van der Waals surface area contributed by atoms with E-state index in [9.17, 15) is 14.4 Å². The first kappa shape index (κ1) is 18.0. The predicted octanol–water partition coefficient (Wildman–Crippen LogP) is 2.64. The summed E-state index contributed by atoms with van der Waals surface area (Å²) in [7, 11) is 0. The molecule has 0 atom stereocenters. The van der Waals surface area contributed by atoms with Crippen molar-refractivity contribution >= 4 is 18.0 Å². The number of ether oxygens (including phenoxy) is 1. The SMILES string of the molecule is CC(C)(C)OC(=O)N1CCC2(CC1)NC(=O)N(C1CCCCC1)C2=O. The molecular formula is C18H29N3O4. The van der Waals surface area contributed by atoms with E-state index in [1.54, 1.807) is 4.90 Å². The van der Waals surface area contributed by atoms with E-state index in [0.717, 1.165) is 25.7 Å². The zero-order chi connectivity index (χ0) is 18.2. The van der Waals surface area contributed by atoms with Crippen LogP contribution in [0, 0.1) is 0 Å². The molecule has 1 N–H and O–H groups in total. The standard InChI is InChI=1S/C18H29N3O4/c1-17(2,3)25-16(24)20-11-9-18(10-12-20)14(22)21(15(23)19-18)13-7-5-4-6-8-13/h13H,4-12H2,1-3H3,(H,19,23). The maximum atomic E-state index is 13.0. The third-order valence-corrected chi connectivity index (χ3v) is 5.40. The van der Waals surface area contributed by atoms with Crippen molar-refractivity contribution in [2.24, 2.45) is 0 Å². The summed E-state index contributed by atoms with van der Waals surface area (Å²) >= 11 is 0. The number of carbonyl (C=O) groups excluding carboxylic acids is 3. The van der Waals surface area contributed by atoms with Gasteiger partial charge >= 0.3 is 12.1 Å². The summed E-state index contributed by atoms with van der Waals surface area (Å²) in [5, 5.41) is 2.93. The Balaban J connectivity index is 1.64. The summed E-state index contributed by atoms with van der Waals surface area (Å²) < 4.78 is 5.40. The van der Waals surface area contributed by atoms with Crippen molar-refractivity contribution in [3.05, 3.63) is 0 Å². The number of rotatable bonds is 1. The van der Waals surface area contributed by atoms with E-state index in [1.807, 2.05) is 20.8 Å². The minimum absolute atomic E-state index is 0.0320. The molecule has 1 aliphatic carbocycles. The van der Waals surface area contributed by atoms with E-state index in [-0.39, 0.29) is 24.1 Å². The van der Waals surface area contributed by atoms with E-state index in [4.69, 9.17) is 4.74 Å². The second kappa shape index (κ2) is 6.50. The molecule has 3 fully saturated rings. The van der Waals surface area contributed by atoms with Gasteiger partial charge < -0.3 is 15.0 Å². The zero-order valence-electron chi connectivity index (χ0n) is 15.5. The molecule has 7 heteroatoms. The summed E-state index contributed by atoms with van der Waals surface area (Å²) in [6.45, 7) is 6.33. The minimum Gasteiger partial charge on any atom is -0.444 e. The highest BCUT2D eigenvalue weighted by Crippen LogP contribution is 2.34. The largest absolute Gasteiger partial charge is 0.444 e. The topological polar surface area (TPSA) is 79.0 Å². The van der Waals surface area contributed by atoms with Crippen LogP contribution in [0.3, 0.4) is 0 Å². The first-order valence-electron chi connectivity index (χ1n) is 9.36. The van der Waals surface area contributed by atoms with Gasteiger partial charge in [0.15, 0.2) is 0 Å². The Morgan fingerprint density at radius 2 is 1.72 bits per heavy atom. The van der Waals surface area contributed by atoms with Crippen molar-refractivity contribution < 1.29 is 19.1 Å². The quantitative estimate of drug-likeness (QED) is 0.737. The number of imide groups is 1. The number of likely N-dealkylation sites (tertiary alicyclic amines) is 1. The van der Waals surface area contributed by atoms with E-state index in [2.05, 4.69) is 5.32 Å². The number of carbonyl (C=O) groups is 3. The molecule has 1 spiro atoms. The van der Waals surface area contributed by atoms with Gasteiger partial charge in [0.2, 0.25) is 0 Å². The smallest absolute Gasteiger partial charge is 0.410 e. The molecule has 3 aliphatic rings. The Bertz CT molecular complexity index is 555. The minimum atomic E-state index is -0.840. The number of nitrogens with zero attached hydrogens (tertiary/aromatic N) is 2. The molecule has 0 aromatic rings. The lowest BCUT2D eigenvalue weighted by Crippen LogP contribution is -2.56. The fourth-order valence-electron chi connectivity index (χ4n) is 4.05. The van der Waals surface area contributed by atoms with Crippen molar-refractivity contribution in [3.63, 3.8) is 0 Å². The Morgan fingerprint density at radius 1 is 1.12 bits per heavy atom. The average molecular weight is 351 g/mol. The van der Waals surface area contributed by atoms with E-state index < -0.39 is 11.1 Å². The number of nitrogens with one attached hydrogen (secondary N) is 1. The van der Waals surface area contributed by atoms with E-state index in [0.29, 0.717) is 25.9 Å². The maximum absolute atomic E-state index is 13.0. The zero-order valence-corrected chi connectivity index (χ0v) is 15.5. The molecule has 1 saturated carbocycles. The first-order chi connectivity index (χ1) is 11.7. The number of amides is 4. The van der Waals surface area contributed by atoms with Crippen molar-refractivity contribution in [3.8, 4) is 0 Å². The molecule has 140 valence electrons. The average Bonchev–Trinajstić information content (AvgIpc) is 2.77. The van der Waals surface area contributed by atoms with Crippen LogP contribution >= 0.6 is 0 Å². The fourth-order valence-corrected chi connectivity index (χ4v) is 4.05. The Morgan fingerprint density at radius 3 is 2.28 bits per heavy atom. The Hall–Kier alpha value is -1.79. The molecule has 25 heavy (non-hydrogen) atoms. The highest BCUT2D eigenvalue weighted by Gasteiger charge is 2.54. The first-order valence-corrected chi connectivity index (χ1v) is 9.36. The summed E-state index contributed by atoms with van der Waals surface area (Å²) in [6, 6.07) is -0.230. The van der Waals surface area contributed by atoms with Crippen LogP contribution in [-0.2, 0) is 9.53 Å². The maximum Gasteiger partial charge on any atom is 0.410 e. The van der Waals surface area contributed by atoms with Gasteiger partial charge in [-0.2, -0.15) is 0 Å². The normalized spacial score (nSPS) is 24.6. The van der Waals surface area contributed by atoms with Gasteiger partial charge in [-0.1, -0.05) is 19.3 Å². The van der Waals surface area contributed by atoms with Crippen LogP contribution < -0.4 is 5.32 Å². The fraction of sp³-hybridized carbons (Fsp3) is 0.833. The molecule has 2 saturated heterocycles. The van der Waals surface area contributed by atoms with Crippen LogP contribution in [0.1, 0.15) is 65.7 Å². The lowest BCUT2D eigenvalue weighted by Gasteiger charge is -2.38. The summed E-state index contributed by atoms with van der Waals surface area (Å²) in [4.78, 5) is 40.7. The van der Waals surface area contributed by atoms with Gasteiger partial charge in [0.25, 0.3) is 5.91 Å². The van der Waals surface area contributed by atoms with Gasteiger partial charge in [-0.3, -0.25) is 9.69 Å². The predicted molar refractivity (Wildman–Crippen MR) is 92.0 cm³/mol. The van der Waals surface area contributed by atoms with Gasteiger partial charge in [-0.15, -0.1) is 0 Å². The van der Waals surface area contributed by atoms with E-state index >= 15 is 0 Å². The molecule has 2 aliphatic heterocycles.